The minimum atomic E-state index is -0.674. The molecular weight excluding hydrogens is 266 g/mol. The average Bonchev–Trinajstić information content (AvgIpc) is 2.88. The minimum Gasteiger partial charge on any atom is -0.389 e. The second-order valence-corrected chi connectivity index (χ2v) is 5.19. The van der Waals surface area contributed by atoms with E-state index in [0.717, 1.165) is 16.3 Å². The molecule has 7 heteroatoms. The second-order valence-electron chi connectivity index (χ2n) is 4.35. The fourth-order valence-corrected chi connectivity index (χ4v) is 2.70. The highest BCUT2D eigenvalue weighted by molar-refractivity contribution is 7.15. The number of nitrogens with zero attached hydrogens (tertiary/aromatic N) is 2. The molecule has 1 amide bonds. The van der Waals surface area contributed by atoms with Crippen LogP contribution in [0.5, 0.6) is 0 Å². The Kier molecular flexibility index (Phi) is 4.52. The maximum absolute atomic E-state index is 11.8. The lowest BCUT2D eigenvalue weighted by Crippen LogP contribution is -2.35. The standard InChI is InChI=1S/C12H17N3O3S/c1-8-5-15-9(7-19-12(15)14-8)3-11(17)13-4-10(16)6-18-2/h5,7,10,16H,3-4,6H2,1-2H3,(H,13,17). The highest BCUT2D eigenvalue weighted by Crippen LogP contribution is 2.16. The zero-order valence-corrected chi connectivity index (χ0v) is 11.7. The Morgan fingerprint density at radius 2 is 2.47 bits per heavy atom. The number of hydrogen-bond acceptors (Lipinski definition) is 5. The van der Waals surface area contributed by atoms with Crippen molar-refractivity contribution in [2.45, 2.75) is 19.4 Å². The molecule has 1 unspecified atom stereocenters. The Hall–Kier alpha value is -1.44. The van der Waals surface area contributed by atoms with Crippen LogP contribution in [0.15, 0.2) is 11.6 Å². The number of carbonyl (C=O) groups is 1. The number of fused-ring (bicyclic) bond motifs is 1. The summed E-state index contributed by atoms with van der Waals surface area (Å²) < 4.78 is 6.71. The molecule has 0 saturated heterocycles. The monoisotopic (exact) mass is 283 g/mol. The smallest absolute Gasteiger partial charge is 0.226 e. The van der Waals surface area contributed by atoms with Gasteiger partial charge in [0, 0.05) is 30.9 Å². The summed E-state index contributed by atoms with van der Waals surface area (Å²) in [4.78, 5) is 17.0. The van der Waals surface area contributed by atoms with Crippen molar-refractivity contribution in [3.63, 3.8) is 0 Å². The number of thiazole rings is 1. The van der Waals surface area contributed by atoms with Gasteiger partial charge in [-0.2, -0.15) is 0 Å². The third-order valence-electron chi connectivity index (χ3n) is 2.64. The van der Waals surface area contributed by atoms with E-state index in [2.05, 4.69) is 10.3 Å². The molecule has 2 aromatic rings. The SMILES string of the molecule is COCC(O)CNC(=O)Cc1csc2nc(C)cn12. The molecule has 2 heterocycles. The number of amides is 1. The molecule has 0 saturated carbocycles. The maximum atomic E-state index is 11.8. The van der Waals surface area contributed by atoms with Crippen LogP contribution in [0.25, 0.3) is 4.96 Å². The van der Waals surface area contributed by atoms with Crippen molar-refractivity contribution >= 4 is 22.2 Å². The van der Waals surface area contributed by atoms with Gasteiger partial charge in [0.25, 0.3) is 0 Å². The third-order valence-corrected chi connectivity index (χ3v) is 3.53. The lowest BCUT2D eigenvalue weighted by atomic mass is 10.3. The molecule has 0 aromatic carbocycles. The number of aryl methyl sites for hydroxylation is 1. The van der Waals surface area contributed by atoms with Crippen LogP contribution in [0.2, 0.25) is 0 Å². The van der Waals surface area contributed by atoms with Crippen molar-refractivity contribution in [2.75, 3.05) is 20.3 Å². The highest BCUT2D eigenvalue weighted by Gasteiger charge is 2.11. The van der Waals surface area contributed by atoms with Crippen LogP contribution >= 0.6 is 11.3 Å². The van der Waals surface area contributed by atoms with E-state index in [-0.39, 0.29) is 25.5 Å². The lowest BCUT2D eigenvalue weighted by molar-refractivity contribution is -0.121. The lowest BCUT2D eigenvalue weighted by Gasteiger charge is -2.10. The summed E-state index contributed by atoms with van der Waals surface area (Å²) in [5, 5.41) is 14.0. The number of aliphatic hydroxyl groups excluding tert-OH is 1. The van der Waals surface area contributed by atoms with Gasteiger partial charge >= 0.3 is 0 Å². The molecule has 0 aliphatic rings. The Labute approximate surface area is 115 Å². The molecular formula is C12H17N3O3S. The highest BCUT2D eigenvalue weighted by atomic mass is 32.1. The van der Waals surface area contributed by atoms with Gasteiger partial charge in [-0.3, -0.25) is 9.20 Å². The Bertz CT molecular complexity index is 564. The molecule has 2 rings (SSSR count). The molecule has 2 N–H and O–H groups in total. The van der Waals surface area contributed by atoms with Gasteiger partial charge in [0.1, 0.15) is 0 Å². The summed E-state index contributed by atoms with van der Waals surface area (Å²) in [5.41, 5.74) is 1.84. The first-order valence-corrected chi connectivity index (χ1v) is 6.84. The molecule has 1 atom stereocenters. The number of imidazole rings is 1. The van der Waals surface area contributed by atoms with Gasteiger partial charge in [0.15, 0.2) is 4.96 Å². The van der Waals surface area contributed by atoms with Crippen LogP contribution in [0.1, 0.15) is 11.4 Å². The summed E-state index contributed by atoms with van der Waals surface area (Å²) in [6, 6.07) is 0. The van der Waals surface area contributed by atoms with Gasteiger partial charge in [0.05, 0.1) is 24.8 Å². The summed E-state index contributed by atoms with van der Waals surface area (Å²) >= 11 is 1.51. The number of hydrogen-bond donors (Lipinski definition) is 2. The van der Waals surface area contributed by atoms with Gasteiger partial charge in [0.2, 0.25) is 5.91 Å². The van der Waals surface area contributed by atoms with Crippen LogP contribution in [0.3, 0.4) is 0 Å². The molecule has 0 radical (unpaired) electrons. The van der Waals surface area contributed by atoms with Gasteiger partial charge < -0.3 is 15.2 Å². The van der Waals surface area contributed by atoms with Crippen LogP contribution in [-0.4, -0.2) is 46.8 Å². The van der Waals surface area contributed by atoms with E-state index in [1.807, 2.05) is 22.9 Å². The van der Waals surface area contributed by atoms with E-state index in [1.54, 1.807) is 0 Å². The summed E-state index contributed by atoms with van der Waals surface area (Å²) in [6.45, 7) is 2.33. The normalized spacial score (nSPS) is 12.8. The number of nitrogens with one attached hydrogen (secondary N) is 1. The van der Waals surface area contributed by atoms with Crippen molar-refractivity contribution in [1.29, 1.82) is 0 Å². The molecule has 0 aliphatic carbocycles. The summed E-state index contributed by atoms with van der Waals surface area (Å²) in [7, 11) is 1.51. The third kappa shape index (κ3) is 3.52. The Morgan fingerprint density at radius 1 is 1.68 bits per heavy atom. The summed E-state index contributed by atoms with van der Waals surface area (Å²) in [5.74, 6) is -0.124. The van der Waals surface area contributed by atoms with E-state index in [4.69, 9.17) is 4.74 Å². The van der Waals surface area contributed by atoms with Crippen LogP contribution in [0, 0.1) is 6.92 Å². The van der Waals surface area contributed by atoms with Gasteiger partial charge in [-0.05, 0) is 6.92 Å². The van der Waals surface area contributed by atoms with Crippen molar-refractivity contribution in [3.8, 4) is 0 Å². The molecule has 0 bridgehead atoms. The molecule has 104 valence electrons. The first kappa shape index (κ1) is 14.0. The van der Waals surface area contributed by atoms with Crippen LogP contribution in [0.4, 0.5) is 0 Å². The molecule has 0 aliphatic heterocycles. The largest absolute Gasteiger partial charge is 0.389 e. The number of carbonyl (C=O) groups excluding carboxylic acids is 1. The number of aliphatic hydroxyl groups is 1. The fourth-order valence-electron chi connectivity index (χ4n) is 1.78. The molecule has 6 nitrogen and oxygen atoms in total. The molecule has 0 spiro atoms. The second kappa shape index (κ2) is 6.14. The minimum absolute atomic E-state index is 0.124. The van der Waals surface area contributed by atoms with Crippen molar-refractivity contribution in [2.24, 2.45) is 0 Å². The topological polar surface area (TPSA) is 75.9 Å². The van der Waals surface area contributed by atoms with Crippen molar-refractivity contribution in [1.82, 2.24) is 14.7 Å². The predicted octanol–water partition coefficient (Wildman–Crippen LogP) is 0.370. The van der Waals surface area contributed by atoms with Crippen molar-refractivity contribution < 1.29 is 14.6 Å². The zero-order valence-electron chi connectivity index (χ0n) is 10.9. The first-order valence-electron chi connectivity index (χ1n) is 5.96. The van der Waals surface area contributed by atoms with E-state index in [1.165, 1.54) is 18.4 Å². The van der Waals surface area contributed by atoms with E-state index in [9.17, 15) is 9.90 Å². The van der Waals surface area contributed by atoms with Crippen LogP contribution in [-0.2, 0) is 16.0 Å². The molecule has 19 heavy (non-hydrogen) atoms. The zero-order chi connectivity index (χ0) is 13.8. The summed E-state index contributed by atoms with van der Waals surface area (Å²) in [6.07, 6.45) is 1.51. The average molecular weight is 283 g/mol. The number of aromatic nitrogens is 2. The van der Waals surface area contributed by atoms with Gasteiger partial charge in [-0.25, -0.2) is 4.98 Å². The fraction of sp³-hybridized carbons (Fsp3) is 0.500. The maximum Gasteiger partial charge on any atom is 0.226 e. The quantitative estimate of drug-likeness (QED) is 0.803. The van der Waals surface area contributed by atoms with E-state index >= 15 is 0 Å². The van der Waals surface area contributed by atoms with Gasteiger partial charge in [-0.1, -0.05) is 0 Å². The predicted molar refractivity (Wildman–Crippen MR) is 72.4 cm³/mol. The van der Waals surface area contributed by atoms with Crippen LogP contribution < -0.4 is 5.32 Å². The number of methoxy groups -OCH3 is 1. The van der Waals surface area contributed by atoms with Crippen molar-refractivity contribution in [3.05, 3.63) is 23.0 Å². The molecule has 0 fully saturated rings. The Morgan fingerprint density at radius 3 is 3.21 bits per heavy atom. The first-order chi connectivity index (χ1) is 9.10. The Balaban J connectivity index is 1.91. The molecule has 2 aromatic heterocycles. The van der Waals surface area contributed by atoms with E-state index in [0.29, 0.717) is 0 Å². The number of ether oxygens (including phenoxy) is 1. The van der Waals surface area contributed by atoms with Gasteiger partial charge in [-0.15, -0.1) is 11.3 Å². The number of rotatable bonds is 6. The van der Waals surface area contributed by atoms with E-state index < -0.39 is 6.10 Å².